The molecule has 0 bridgehead atoms. The van der Waals surface area contributed by atoms with Crippen LogP contribution in [0.3, 0.4) is 0 Å². The fourth-order valence-electron chi connectivity index (χ4n) is 1.28. The van der Waals surface area contributed by atoms with Crippen LogP contribution in [-0.4, -0.2) is 29.4 Å². The Morgan fingerprint density at radius 1 is 1.53 bits per heavy atom. The lowest BCUT2D eigenvalue weighted by Crippen LogP contribution is -2.30. The summed E-state index contributed by atoms with van der Waals surface area (Å²) in [4.78, 5) is 14.0. The zero-order chi connectivity index (χ0) is 13.0. The van der Waals surface area contributed by atoms with Crippen molar-refractivity contribution in [2.24, 2.45) is 5.73 Å². The van der Waals surface area contributed by atoms with Gasteiger partial charge in [0.2, 0.25) is 0 Å². The second kappa shape index (κ2) is 6.33. The molecule has 0 heterocycles. The van der Waals surface area contributed by atoms with E-state index in [2.05, 4.69) is 15.9 Å². The molecule has 0 aliphatic heterocycles. The lowest BCUT2D eigenvalue weighted by molar-refractivity contribution is 0.0799. The second-order valence-electron chi connectivity index (χ2n) is 3.60. The Labute approximate surface area is 119 Å². The van der Waals surface area contributed by atoms with Crippen LogP contribution in [0.15, 0.2) is 22.7 Å². The second-order valence-corrected chi connectivity index (χ2v) is 5.48. The maximum absolute atomic E-state index is 12.0. The molecule has 92 valence electrons. The summed E-state index contributed by atoms with van der Waals surface area (Å²) in [6, 6.07) is 5.09. The van der Waals surface area contributed by atoms with E-state index in [1.165, 1.54) is 0 Å². The van der Waals surface area contributed by atoms with E-state index < -0.39 is 0 Å². The van der Waals surface area contributed by atoms with Gasteiger partial charge in [-0.05, 0) is 18.2 Å². The molecular weight excluding hydrogens is 324 g/mol. The molecule has 0 aliphatic rings. The molecule has 0 saturated carbocycles. The van der Waals surface area contributed by atoms with Gasteiger partial charge in [-0.2, -0.15) is 0 Å². The molecule has 1 rings (SSSR count). The number of amides is 1. The summed E-state index contributed by atoms with van der Waals surface area (Å²) in [7, 11) is 1.70. The van der Waals surface area contributed by atoms with Crippen LogP contribution in [0.1, 0.15) is 16.8 Å². The van der Waals surface area contributed by atoms with Gasteiger partial charge in [-0.25, -0.2) is 0 Å². The standard InChI is InChI=1S/C11H12BrClN2OS/c1-15(3-2-10(14)17)11(16)7-4-8(12)6-9(13)5-7/h4-6H,2-3H2,1H3,(H2,14,17). The molecule has 0 aromatic heterocycles. The van der Waals surface area contributed by atoms with Crippen LogP contribution in [0, 0.1) is 0 Å². The van der Waals surface area contributed by atoms with Gasteiger partial charge in [0.15, 0.2) is 0 Å². The predicted octanol–water partition coefficient (Wildman–Crippen LogP) is 2.85. The first kappa shape index (κ1) is 14.4. The van der Waals surface area contributed by atoms with Crippen molar-refractivity contribution in [3.63, 3.8) is 0 Å². The summed E-state index contributed by atoms with van der Waals surface area (Å²) in [5, 5.41) is 0.519. The van der Waals surface area contributed by atoms with Crippen LogP contribution in [0.4, 0.5) is 0 Å². The summed E-state index contributed by atoms with van der Waals surface area (Å²) in [5.41, 5.74) is 5.93. The van der Waals surface area contributed by atoms with Crippen LogP contribution in [0.2, 0.25) is 5.02 Å². The monoisotopic (exact) mass is 334 g/mol. The Kier molecular flexibility index (Phi) is 5.36. The SMILES string of the molecule is CN(CCC(N)=S)C(=O)c1cc(Cl)cc(Br)c1. The number of rotatable bonds is 4. The third-order valence-electron chi connectivity index (χ3n) is 2.15. The minimum atomic E-state index is -0.107. The topological polar surface area (TPSA) is 46.3 Å². The molecule has 2 N–H and O–H groups in total. The zero-order valence-corrected chi connectivity index (χ0v) is 12.4. The fourth-order valence-corrected chi connectivity index (χ4v) is 2.23. The molecule has 0 saturated heterocycles. The van der Waals surface area contributed by atoms with E-state index >= 15 is 0 Å². The average molecular weight is 336 g/mol. The predicted molar refractivity (Wildman–Crippen MR) is 77.5 cm³/mol. The number of hydrogen-bond donors (Lipinski definition) is 1. The summed E-state index contributed by atoms with van der Waals surface area (Å²) < 4.78 is 0.774. The van der Waals surface area contributed by atoms with Gasteiger partial charge in [0.25, 0.3) is 5.91 Å². The van der Waals surface area contributed by atoms with E-state index in [0.717, 1.165) is 4.47 Å². The number of hydrogen-bond acceptors (Lipinski definition) is 2. The van der Waals surface area contributed by atoms with Gasteiger partial charge in [0.05, 0.1) is 4.99 Å². The maximum Gasteiger partial charge on any atom is 0.253 e. The van der Waals surface area contributed by atoms with Gasteiger partial charge in [-0.1, -0.05) is 39.7 Å². The normalized spacial score (nSPS) is 10.1. The number of carbonyl (C=O) groups is 1. The van der Waals surface area contributed by atoms with Crippen molar-refractivity contribution >= 4 is 50.6 Å². The molecule has 3 nitrogen and oxygen atoms in total. The molecule has 0 fully saturated rings. The Balaban J connectivity index is 2.77. The van der Waals surface area contributed by atoms with Crippen LogP contribution in [0.5, 0.6) is 0 Å². The summed E-state index contributed by atoms with van der Waals surface area (Å²) >= 11 is 14.0. The number of nitrogens with two attached hydrogens (primary N) is 1. The minimum Gasteiger partial charge on any atom is -0.393 e. The third-order valence-corrected chi connectivity index (χ3v) is 3.03. The highest BCUT2D eigenvalue weighted by atomic mass is 79.9. The van der Waals surface area contributed by atoms with Crippen molar-refractivity contribution in [3.05, 3.63) is 33.3 Å². The number of thiocarbonyl (C=S) groups is 1. The van der Waals surface area contributed by atoms with E-state index in [-0.39, 0.29) is 5.91 Å². The van der Waals surface area contributed by atoms with E-state index in [9.17, 15) is 4.79 Å². The van der Waals surface area contributed by atoms with E-state index in [0.29, 0.717) is 28.5 Å². The lowest BCUT2D eigenvalue weighted by Gasteiger charge is -2.17. The first-order valence-electron chi connectivity index (χ1n) is 4.90. The minimum absolute atomic E-state index is 0.107. The molecule has 0 radical (unpaired) electrons. The number of benzene rings is 1. The highest BCUT2D eigenvalue weighted by Gasteiger charge is 2.12. The third kappa shape index (κ3) is 4.61. The van der Waals surface area contributed by atoms with Crippen LogP contribution >= 0.6 is 39.7 Å². The van der Waals surface area contributed by atoms with Crippen molar-refractivity contribution in [2.75, 3.05) is 13.6 Å². The number of halogens is 2. The Bertz CT molecular complexity index is 433. The molecule has 0 spiro atoms. The largest absolute Gasteiger partial charge is 0.393 e. The van der Waals surface area contributed by atoms with Gasteiger partial charge in [-0.3, -0.25) is 4.79 Å². The molecule has 17 heavy (non-hydrogen) atoms. The number of nitrogens with zero attached hydrogens (tertiary/aromatic N) is 1. The average Bonchev–Trinajstić information content (AvgIpc) is 2.23. The Morgan fingerprint density at radius 3 is 2.71 bits per heavy atom. The van der Waals surface area contributed by atoms with Gasteiger partial charge in [-0.15, -0.1) is 0 Å². The quantitative estimate of drug-likeness (QED) is 0.861. The van der Waals surface area contributed by atoms with E-state index in [1.807, 2.05) is 0 Å². The van der Waals surface area contributed by atoms with Crippen molar-refractivity contribution in [3.8, 4) is 0 Å². The summed E-state index contributed by atoms with van der Waals surface area (Å²) in [6.07, 6.45) is 0.513. The van der Waals surface area contributed by atoms with E-state index in [4.69, 9.17) is 29.6 Å². The molecular formula is C11H12BrClN2OS. The van der Waals surface area contributed by atoms with Gasteiger partial charge < -0.3 is 10.6 Å². The molecule has 1 aromatic rings. The Morgan fingerprint density at radius 2 is 2.18 bits per heavy atom. The summed E-state index contributed by atoms with van der Waals surface area (Å²) in [5.74, 6) is -0.107. The molecule has 0 aliphatic carbocycles. The fraction of sp³-hybridized carbons (Fsp3) is 0.273. The van der Waals surface area contributed by atoms with Crippen molar-refractivity contribution < 1.29 is 4.79 Å². The van der Waals surface area contributed by atoms with Gasteiger partial charge >= 0.3 is 0 Å². The van der Waals surface area contributed by atoms with Crippen molar-refractivity contribution in [1.82, 2.24) is 4.90 Å². The van der Waals surface area contributed by atoms with Gasteiger partial charge in [0, 0.05) is 35.1 Å². The lowest BCUT2D eigenvalue weighted by atomic mass is 10.2. The number of carbonyl (C=O) groups excluding carboxylic acids is 1. The molecule has 0 unspecified atom stereocenters. The van der Waals surface area contributed by atoms with E-state index in [1.54, 1.807) is 30.1 Å². The van der Waals surface area contributed by atoms with Gasteiger partial charge in [0.1, 0.15) is 0 Å². The molecule has 0 atom stereocenters. The highest BCUT2D eigenvalue weighted by molar-refractivity contribution is 9.10. The van der Waals surface area contributed by atoms with Crippen molar-refractivity contribution in [2.45, 2.75) is 6.42 Å². The summed E-state index contributed by atoms with van der Waals surface area (Å²) in [6.45, 7) is 0.498. The van der Waals surface area contributed by atoms with Crippen molar-refractivity contribution in [1.29, 1.82) is 0 Å². The maximum atomic E-state index is 12.0. The molecule has 6 heteroatoms. The zero-order valence-electron chi connectivity index (χ0n) is 9.24. The first-order valence-corrected chi connectivity index (χ1v) is 6.48. The smallest absolute Gasteiger partial charge is 0.253 e. The Hall–Kier alpha value is -0.650. The molecule has 1 amide bonds. The van der Waals surface area contributed by atoms with Crippen LogP contribution in [0.25, 0.3) is 0 Å². The highest BCUT2D eigenvalue weighted by Crippen LogP contribution is 2.20. The first-order chi connectivity index (χ1) is 7.90. The molecule has 1 aromatic carbocycles. The van der Waals surface area contributed by atoms with Crippen LogP contribution < -0.4 is 5.73 Å². The van der Waals surface area contributed by atoms with Crippen LogP contribution in [-0.2, 0) is 0 Å².